The molecule has 5 heteroatoms. The van der Waals surface area contributed by atoms with Crippen LogP contribution in [0.3, 0.4) is 0 Å². The number of anilines is 1. The first kappa shape index (κ1) is 13.4. The van der Waals surface area contributed by atoms with Gasteiger partial charge in [-0.3, -0.25) is 10.1 Å². The summed E-state index contributed by atoms with van der Waals surface area (Å²) in [6.45, 7) is 9.44. The maximum atomic E-state index is 11.1. The SMILES string of the molecule is Cc1c(N2CC3CNCC3C2(C)C)cccc1[N+](=O)[O-]. The zero-order valence-electron chi connectivity index (χ0n) is 12.2. The van der Waals surface area contributed by atoms with Crippen molar-refractivity contribution >= 4 is 11.4 Å². The summed E-state index contributed by atoms with van der Waals surface area (Å²) in [7, 11) is 0. The van der Waals surface area contributed by atoms with Crippen molar-refractivity contribution in [1.29, 1.82) is 0 Å². The van der Waals surface area contributed by atoms with Crippen LogP contribution in [0.15, 0.2) is 18.2 Å². The summed E-state index contributed by atoms with van der Waals surface area (Å²) in [5, 5.41) is 14.6. The van der Waals surface area contributed by atoms with Crippen LogP contribution in [0.5, 0.6) is 0 Å². The van der Waals surface area contributed by atoms with Crippen LogP contribution < -0.4 is 10.2 Å². The van der Waals surface area contributed by atoms with Crippen molar-refractivity contribution in [2.24, 2.45) is 11.8 Å². The zero-order chi connectivity index (χ0) is 14.5. The first-order valence-electron chi connectivity index (χ1n) is 7.15. The lowest BCUT2D eigenvalue weighted by molar-refractivity contribution is -0.385. The molecular weight excluding hydrogens is 254 g/mol. The lowest BCUT2D eigenvalue weighted by Gasteiger charge is -2.38. The highest BCUT2D eigenvalue weighted by molar-refractivity contribution is 5.63. The van der Waals surface area contributed by atoms with Crippen LogP contribution >= 0.6 is 0 Å². The molecule has 1 aromatic rings. The van der Waals surface area contributed by atoms with E-state index in [1.165, 1.54) is 0 Å². The molecule has 0 radical (unpaired) electrons. The van der Waals surface area contributed by atoms with Crippen molar-refractivity contribution in [3.8, 4) is 0 Å². The van der Waals surface area contributed by atoms with Gasteiger partial charge in [0, 0.05) is 36.9 Å². The maximum Gasteiger partial charge on any atom is 0.274 e. The van der Waals surface area contributed by atoms with E-state index >= 15 is 0 Å². The van der Waals surface area contributed by atoms with Gasteiger partial charge >= 0.3 is 0 Å². The van der Waals surface area contributed by atoms with Gasteiger partial charge in [-0.2, -0.15) is 0 Å². The Labute approximate surface area is 119 Å². The van der Waals surface area contributed by atoms with Crippen molar-refractivity contribution in [3.05, 3.63) is 33.9 Å². The molecule has 3 rings (SSSR count). The molecule has 2 aliphatic rings. The lowest BCUT2D eigenvalue weighted by Crippen LogP contribution is -2.44. The van der Waals surface area contributed by atoms with Gasteiger partial charge in [0.15, 0.2) is 0 Å². The molecule has 0 saturated carbocycles. The van der Waals surface area contributed by atoms with E-state index in [1.807, 2.05) is 13.0 Å². The summed E-state index contributed by atoms with van der Waals surface area (Å²) in [5.41, 5.74) is 2.04. The van der Waals surface area contributed by atoms with Gasteiger partial charge in [-0.1, -0.05) is 6.07 Å². The van der Waals surface area contributed by atoms with Crippen LogP contribution in [0.4, 0.5) is 11.4 Å². The van der Waals surface area contributed by atoms with Crippen LogP contribution in [0.1, 0.15) is 19.4 Å². The number of hydrogen-bond acceptors (Lipinski definition) is 4. The van der Waals surface area contributed by atoms with E-state index in [0.29, 0.717) is 11.8 Å². The highest BCUT2D eigenvalue weighted by atomic mass is 16.6. The molecule has 2 fully saturated rings. The van der Waals surface area contributed by atoms with E-state index in [1.54, 1.807) is 12.1 Å². The van der Waals surface area contributed by atoms with Gasteiger partial charge in [0.2, 0.25) is 0 Å². The summed E-state index contributed by atoms with van der Waals surface area (Å²) in [6.07, 6.45) is 0. The third kappa shape index (κ3) is 1.80. The monoisotopic (exact) mass is 275 g/mol. The van der Waals surface area contributed by atoms with Crippen LogP contribution in [0.25, 0.3) is 0 Å². The number of hydrogen-bond donors (Lipinski definition) is 1. The van der Waals surface area contributed by atoms with Crippen molar-refractivity contribution in [2.75, 3.05) is 24.5 Å². The first-order valence-corrected chi connectivity index (χ1v) is 7.15. The highest BCUT2D eigenvalue weighted by Crippen LogP contribution is 2.45. The Balaban J connectivity index is 2.02. The summed E-state index contributed by atoms with van der Waals surface area (Å²) in [6, 6.07) is 5.39. The summed E-state index contributed by atoms with van der Waals surface area (Å²) in [4.78, 5) is 13.2. The lowest BCUT2D eigenvalue weighted by atomic mass is 9.84. The molecule has 0 spiro atoms. The van der Waals surface area contributed by atoms with Gasteiger partial charge in [-0.25, -0.2) is 0 Å². The van der Waals surface area contributed by atoms with Crippen molar-refractivity contribution in [2.45, 2.75) is 26.3 Å². The fraction of sp³-hybridized carbons (Fsp3) is 0.600. The van der Waals surface area contributed by atoms with Crippen molar-refractivity contribution < 1.29 is 4.92 Å². The minimum absolute atomic E-state index is 0.0359. The molecule has 0 aliphatic carbocycles. The second kappa shape index (κ2) is 4.45. The van der Waals surface area contributed by atoms with Crippen LogP contribution in [0, 0.1) is 28.9 Å². The third-order valence-electron chi connectivity index (χ3n) is 5.12. The van der Waals surface area contributed by atoms with Gasteiger partial charge in [0.1, 0.15) is 0 Å². The molecular formula is C15H21N3O2. The molecule has 0 amide bonds. The third-order valence-corrected chi connectivity index (χ3v) is 5.12. The number of fused-ring (bicyclic) bond motifs is 1. The van der Waals surface area contributed by atoms with Gasteiger partial charge in [-0.05, 0) is 38.7 Å². The van der Waals surface area contributed by atoms with E-state index in [4.69, 9.17) is 0 Å². The Morgan fingerprint density at radius 1 is 1.40 bits per heavy atom. The minimum atomic E-state index is -0.287. The Morgan fingerprint density at radius 2 is 2.15 bits per heavy atom. The molecule has 2 aliphatic heterocycles. The molecule has 1 aromatic carbocycles. The second-order valence-electron chi connectivity index (χ2n) is 6.47. The van der Waals surface area contributed by atoms with Crippen molar-refractivity contribution in [1.82, 2.24) is 5.32 Å². The molecule has 1 N–H and O–H groups in total. The number of nitrogens with zero attached hydrogens (tertiary/aromatic N) is 2. The fourth-order valence-corrected chi connectivity index (χ4v) is 3.93. The topological polar surface area (TPSA) is 58.4 Å². The van der Waals surface area contributed by atoms with Gasteiger partial charge in [0.05, 0.1) is 10.5 Å². The predicted octanol–water partition coefficient (Wildman–Crippen LogP) is 2.34. The maximum absolute atomic E-state index is 11.1. The molecule has 5 nitrogen and oxygen atoms in total. The molecule has 0 aromatic heterocycles. The van der Waals surface area contributed by atoms with E-state index in [-0.39, 0.29) is 16.1 Å². The summed E-state index contributed by atoms with van der Waals surface area (Å²) >= 11 is 0. The molecule has 2 unspecified atom stereocenters. The molecule has 20 heavy (non-hydrogen) atoms. The quantitative estimate of drug-likeness (QED) is 0.665. The number of rotatable bonds is 2. The Hall–Kier alpha value is -1.62. The largest absolute Gasteiger partial charge is 0.365 e. The van der Waals surface area contributed by atoms with Gasteiger partial charge < -0.3 is 10.2 Å². The summed E-state index contributed by atoms with van der Waals surface area (Å²) in [5.74, 6) is 1.25. The van der Waals surface area contributed by atoms with Gasteiger partial charge in [-0.15, -0.1) is 0 Å². The smallest absolute Gasteiger partial charge is 0.274 e. The van der Waals surface area contributed by atoms with Crippen molar-refractivity contribution in [3.63, 3.8) is 0 Å². The number of nitro groups is 1. The highest BCUT2D eigenvalue weighted by Gasteiger charge is 2.50. The van der Waals surface area contributed by atoms with Gasteiger partial charge in [0.25, 0.3) is 5.69 Å². The average molecular weight is 275 g/mol. The molecule has 108 valence electrons. The fourth-order valence-electron chi connectivity index (χ4n) is 3.93. The second-order valence-corrected chi connectivity index (χ2v) is 6.47. The average Bonchev–Trinajstić information content (AvgIpc) is 2.92. The molecule has 2 saturated heterocycles. The predicted molar refractivity (Wildman–Crippen MR) is 79.1 cm³/mol. The van der Waals surface area contributed by atoms with E-state index < -0.39 is 0 Å². The van der Waals surface area contributed by atoms with Crippen LogP contribution in [-0.4, -0.2) is 30.1 Å². The number of nitro benzene ring substituents is 1. The summed E-state index contributed by atoms with van der Waals surface area (Å²) < 4.78 is 0. The van der Waals surface area contributed by atoms with Crippen LogP contribution in [0.2, 0.25) is 0 Å². The van der Waals surface area contributed by atoms with Crippen LogP contribution in [-0.2, 0) is 0 Å². The normalized spacial score (nSPS) is 27.6. The minimum Gasteiger partial charge on any atom is -0.365 e. The standard InChI is InChI=1S/C15H21N3O2/c1-10-13(5-4-6-14(10)18(19)20)17-9-11-7-16-8-12(11)15(17,2)3/h4-6,11-12,16H,7-9H2,1-3H3. The Morgan fingerprint density at radius 3 is 2.80 bits per heavy atom. The van der Waals surface area contributed by atoms with E-state index in [0.717, 1.165) is 30.9 Å². The number of nitrogens with one attached hydrogen (secondary N) is 1. The first-order chi connectivity index (χ1) is 9.43. The molecule has 0 bridgehead atoms. The Bertz CT molecular complexity index is 556. The molecule has 2 heterocycles. The zero-order valence-corrected chi connectivity index (χ0v) is 12.2. The number of benzene rings is 1. The molecule has 2 atom stereocenters. The van der Waals surface area contributed by atoms with E-state index in [9.17, 15) is 10.1 Å². The van der Waals surface area contributed by atoms with E-state index in [2.05, 4.69) is 24.1 Å². The Kier molecular flexibility index (Phi) is 2.97.